The van der Waals surface area contributed by atoms with Crippen molar-refractivity contribution in [3.63, 3.8) is 0 Å². The molecule has 1 fully saturated rings. The van der Waals surface area contributed by atoms with E-state index in [0.717, 1.165) is 13.0 Å². The summed E-state index contributed by atoms with van der Waals surface area (Å²) in [5.41, 5.74) is 1.01. The Morgan fingerprint density at radius 2 is 1.94 bits per heavy atom. The van der Waals surface area contributed by atoms with Gasteiger partial charge in [0.1, 0.15) is 0 Å². The zero-order chi connectivity index (χ0) is 11.7. The molecular formula is C15H16O2. The van der Waals surface area contributed by atoms with E-state index in [1.165, 1.54) is 16.3 Å². The molecule has 0 aromatic heterocycles. The quantitative estimate of drug-likeness (QED) is 0.855. The fraction of sp³-hybridized carbons (Fsp3) is 0.333. The van der Waals surface area contributed by atoms with Crippen LogP contribution in [0.2, 0.25) is 0 Å². The molecule has 2 nitrogen and oxygen atoms in total. The fourth-order valence-electron chi connectivity index (χ4n) is 2.72. The summed E-state index contributed by atoms with van der Waals surface area (Å²) in [6, 6.07) is 14.6. The second-order valence-corrected chi connectivity index (χ2v) is 4.77. The number of rotatable bonds is 2. The zero-order valence-corrected chi connectivity index (χ0v) is 9.73. The van der Waals surface area contributed by atoms with Crippen molar-refractivity contribution in [1.82, 2.24) is 0 Å². The van der Waals surface area contributed by atoms with Crippen LogP contribution in [0.15, 0.2) is 42.5 Å². The first-order chi connectivity index (χ1) is 8.36. The molecule has 0 aliphatic carbocycles. The maximum atomic E-state index is 9.75. The van der Waals surface area contributed by atoms with Crippen LogP contribution in [0.1, 0.15) is 12.0 Å². The molecule has 1 unspecified atom stereocenters. The number of fused-ring (bicyclic) bond motifs is 1. The van der Waals surface area contributed by atoms with Gasteiger partial charge in [-0.25, -0.2) is 0 Å². The highest BCUT2D eigenvalue weighted by Crippen LogP contribution is 2.36. The van der Waals surface area contributed by atoms with Crippen LogP contribution < -0.4 is 0 Å². The predicted molar refractivity (Wildman–Crippen MR) is 68.1 cm³/mol. The van der Waals surface area contributed by atoms with Crippen molar-refractivity contribution in [1.29, 1.82) is 0 Å². The van der Waals surface area contributed by atoms with Crippen molar-refractivity contribution < 1.29 is 9.84 Å². The molecule has 0 saturated carbocycles. The lowest BCUT2D eigenvalue weighted by Gasteiger charge is -2.26. The highest BCUT2D eigenvalue weighted by molar-refractivity contribution is 5.86. The average Bonchev–Trinajstić information content (AvgIpc) is 2.88. The minimum Gasteiger partial charge on any atom is -0.395 e. The van der Waals surface area contributed by atoms with Crippen LogP contribution in [0.3, 0.4) is 0 Å². The summed E-state index contributed by atoms with van der Waals surface area (Å²) >= 11 is 0. The van der Waals surface area contributed by atoms with Crippen LogP contribution in [0, 0.1) is 0 Å². The van der Waals surface area contributed by atoms with Gasteiger partial charge in [-0.2, -0.15) is 0 Å². The average molecular weight is 228 g/mol. The highest BCUT2D eigenvalue weighted by atomic mass is 16.5. The molecule has 0 bridgehead atoms. The van der Waals surface area contributed by atoms with E-state index in [2.05, 4.69) is 30.3 Å². The van der Waals surface area contributed by atoms with Gasteiger partial charge in [0.2, 0.25) is 0 Å². The summed E-state index contributed by atoms with van der Waals surface area (Å²) < 4.78 is 5.49. The van der Waals surface area contributed by atoms with Gasteiger partial charge in [-0.05, 0) is 22.8 Å². The van der Waals surface area contributed by atoms with Gasteiger partial charge in [0.05, 0.1) is 13.2 Å². The molecule has 17 heavy (non-hydrogen) atoms. The van der Waals surface area contributed by atoms with Crippen LogP contribution in [0.5, 0.6) is 0 Å². The van der Waals surface area contributed by atoms with Crippen LogP contribution in [0.4, 0.5) is 0 Å². The Morgan fingerprint density at radius 1 is 1.12 bits per heavy atom. The third-order valence-electron chi connectivity index (χ3n) is 3.77. The number of ether oxygens (including phenoxy) is 1. The van der Waals surface area contributed by atoms with Gasteiger partial charge < -0.3 is 9.84 Å². The molecule has 0 amide bonds. The summed E-state index contributed by atoms with van der Waals surface area (Å²) in [5.74, 6) is 0. The maximum Gasteiger partial charge on any atom is 0.0586 e. The van der Waals surface area contributed by atoms with Gasteiger partial charge in [-0.15, -0.1) is 0 Å². The number of aliphatic hydroxyl groups excluding tert-OH is 1. The van der Waals surface area contributed by atoms with Gasteiger partial charge in [-0.3, -0.25) is 0 Å². The monoisotopic (exact) mass is 228 g/mol. The van der Waals surface area contributed by atoms with Crippen LogP contribution in [-0.2, 0) is 10.2 Å². The summed E-state index contributed by atoms with van der Waals surface area (Å²) in [7, 11) is 0. The van der Waals surface area contributed by atoms with Gasteiger partial charge >= 0.3 is 0 Å². The normalized spacial score (nSPS) is 24.3. The minimum absolute atomic E-state index is 0.154. The van der Waals surface area contributed by atoms with E-state index in [4.69, 9.17) is 4.74 Å². The van der Waals surface area contributed by atoms with Crippen molar-refractivity contribution in [3.05, 3.63) is 48.0 Å². The maximum absolute atomic E-state index is 9.75. The Labute approximate surface area is 101 Å². The molecule has 2 heteroatoms. The molecule has 1 heterocycles. The first-order valence-corrected chi connectivity index (χ1v) is 6.03. The van der Waals surface area contributed by atoms with Crippen molar-refractivity contribution in [3.8, 4) is 0 Å². The highest BCUT2D eigenvalue weighted by Gasteiger charge is 2.37. The summed E-state index contributed by atoms with van der Waals surface area (Å²) in [6.07, 6.45) is 0.900. The number of hydrogen-bond donors (Lipinski definition) is 1. The van der Waals surface area contributed by atoms with E-state index in [1.807, 2.05) is 12.1 Å². The van der Waals surface area contributed by atoms with E-state index < -0.39 is 0 Å². The van der Waals surface area contributed by atoms with Gasteiger partial charge in [0.15, 0.2) is 0 Å². The molecule has 0 spiro atoms. The SMILES string of the molecule is OCC1(c2cccc3ccccc23)CCOC1. The summed E-state index contributed by atoms with van der Waals surface area (Å²) in [4.78, 5) is 0. The standard InChI is InChI=1S/C15H16O2/c16-10-15(8-9-17-11-15)14-7-3-5-12-4-1-2-6-13(12)14/h1-7,16H,8-11H2. The van der Waals surface area contributed by atoms with Crippen molar-refractivity contribution in [2.24, 2.45) is 0 Å². The Morgan fingerprint density at radius 3 is 2.71 bits per heavy atom. The molecule has 2 aromatic carbocycles. The first-order valence-electron chi connectivity index (χ1n) is 6.03. The van der Waals surface area contributed by atoms with E-state index in [1.54, 1.807) is 0 Å². The number of aliphatic hydroxyl groups is 1. The molecular weight excluding hydrogens is 212 g/mol. The predicted octanol–water partition coefficient (Wildman–Crippen LogP) is 2.49. The van der Waals surface area contributed by atoms with Gasteiger partial charge in [0.25, 0.3) is 0 Å². The first kappa shape index (κ1) is 10.8. The van der Waals surface area contributed by atoms with Crippen molar-refractivity contribution >= 4 is 10.8 Å². The van der Waals surface area contributed by atoms with Crippen LogP contribution >= 0.6 is 0 Å². The molecule has 88 valence electrons. The van der Waals surface area contributed by atoms with Crippen molar-refractivity contribution in [2.45, 2.75) is 11.8 Å². The Kier molecular flexibility index (Phi) is 2.61. The summed E-state index contributed by atoms with van der Waals surface area (Å²) in [5, 5.41) is 12.2. The third-order valence-corrected chi connectivity index (χ3v) is 3.77. The Balaban J connectivity index is 2.22. The molecule has 3 rings (SSSR count). The van der Waals surface area contributed by atoms with Crippen molar-refractivity contribution in [2.75, 3.05) is 19.8 Å². The Bertz CT molecular complexity index is 522. The molecule has 1 saturated heterocycles. The van der Waals surface area contributed by atoms with Crippen LogP contribution in [0.25, 0.3) is 10.8 Å². The third kappa shape index (κ3) is 1.65. The van der Waals surface area contributed by atoms with E-state index in [9.17, 15) is 5.11 Å². The second-order valence-electron chi connectivity index (χ2n) is 4.77. The topological polar surface area (TPSA) is 29.5 Å². The Hall–Kier alpha value is -1.38. The van der Waals surface area contributed by atoms with E-state index in [-0.39, 0.29) is 12.0 Å². The molecule has 1 aliphatic heterocycles. The lowest BCUT2D eigenvalue weighted by molar-refractivity contribution is 0.141. The molecule has 0 radical (unpaired) electrons. The lowest BCUT2D eigenvalue weighted by atomic mass is 9.78. The van der Waals surface area contributed by atoms with E-state index >= 15 is 0 Å². The van der Waals surface area contributed by atoms with E-state index in [0.29, 0.717) is 6.61 Å². The smallest absolute Gasteiger partial charge is 0.0586 e. The number of benzene rings is 2. The largest absolute Gasteiger partial charge is 0.395 e. The lowest BCUT2D eigenvalue weighted by Crippen LogP contribution is -2.31. The fourth-order valence-corrected chi connectivity index (χ4v) is 2.72. The molecule has 1 N–H and O–H groups in total. The molecule has 1 atom stereocenters. The van der Waals surface area contributed by atoms with Gasteiger partial charge in [-0.1, -0.05) is 42.5 Å². The second kappa shape index (κ2) is 4.13. The van der Waals surface area contributed by atoms with Crippen LogP contribution in [-0.4, -0.2) is 24.9 Å². The van der Waals surface area contributed by atoms with Gasteiger partial charge in [0, 0.05) is 12.0 Å². The minimum atomic E-state index is -0.207. The summed E-state index contributed by atoms with van der Waals surface area (Å²) in [6.45, 7) is 1.52. The molecule has 2 aromatic rings. The number of hydrogen-bond acceptors (Lipinski definition) is 2. The zero-order valence-electron chi connectivity index (χ0n) is 9.73. The molecule has 1 aliphatic rings.